The third-order valence-corrected chi connectivity index (χ3v) is 6.38. The number of hydrogen-bond donors (Lipinski definition) is 0. The fraction of sp³-hybridized carbons (Fsp3) is 0.333. The lowest BCUT2D eigenvalue weighted by atomic mass is 9.89. The molecule has 3 saturated heterocycles. The first-order valence-corrected chi connectivity index (χ1v) is 10.1. The van der Waals surface area contributed by atoms with Gasteiger partial charge in [-0.1, -0.05) is 51.8 Å². The molecule has 5 rings (SSSR count). The largest absolute Gasteiger partial charge is 0.274 e. The maximum Gasteiger partial charge on any atom is 0.253 e. The van der Waals surface area contributed by atoms with Crippen LogP contribution in [0.5, 0.6) is 0 Å². The Kier molecular flexibility index (Phi) is 3.96. The smallest absolute Gasteiger partial charge is 0.253 e. The number of carbonyl (C=O) groups excluding carboxylic acids is 2. The number of amides is 2. The van der Waals surface area contributed by atoms with Gasteiger partial charge in [0.05, 0.1) is 17.6 Å². The number of nitrogens with zero attached hydrogens (tertiary/aromatic N) is 3. The molecule has 5 nitrogen and oxygen atoms in total. The van der Waals surface area contributed by atoms with Crippen LogP contribution in [0.1, 0.15) is 23.6 Å². The van der Waals surface area contributed by atoms with Crippen molar-refractivity contribution in [2.24, 2.45) is 5.92 Å². The van der Waals surface area contributed by atoms with Crippen LogP contribution in [0.25, 0.3) is 0 Å². The third-order valence-electron chi connectivity index (χ3n) is 5.89. The molecule has 6 heteroatoms. The molecular formula is C21H20BrN3O2. The van der Waals surface area contributed by atoms with Crippen molar-refractivity contribution >= 4 is 33.4 Å². The van der Waals surface area contributed by atoms with E-state index in [0.717, 1.165) is 29.5 Å². The monoisotopic (exact) mass is 425 g/mol. The number of fused-ring (bicyclic) bond motifs is 3. The zero-order valence-corrected chi connectivity index (χ0v) is 16.6. The molecule has 0 unspecified atom stereocenters. The van der Waals surface area contributed by atoms with Gasteiger partial charge in [0.1, 0.15) is 6.04 Å². The Balaban J connectivity index is 1.59. The van der Waals surface area contributed by atoms with Crippen molar-refractivity contribution < 1.29 is 9.59 Å². The highest BCUT2D eigenvalue weighted by molar-refractivity contribution is 9.10. The highest BCUT2D eigenvalue weighted by atomic mass is 79.9. The van der Waals surface area contributed by atoms with Crippen LogP contribution in [-0.4, -0.2) is 41.0 Å². The van der Waals surface area contributed by atoms with Gasteiger partial charge >= 0.3 is 0 Å². The molecule has 3 aliphatic rings. The van der Waals surface area contributed by atoms with Crippen molar-refractivity contribution in [2.75, 3.05) is 18.0 Å². The predicted molar refractivity (Wildman–Crippen MR) is 106 cm³/mol. The number of rotatable bonds is 2. The summed E-state index contributed by atoms with van der Waals surface area (Å²) >= 11 is 3.44. The van der Waals surface area contributed by atoms with Gasteiger partial charge in [-0.15, -0.1) is 0 Å². The molecule has 138 valence electrons. The first-order valence-electron chi connectivity index (χ1n) is 9.29. The van der Waals surface area contributed by atoms with Crippen molar-refractivity contribution in [3.05, 3.63) is 64.1 Å². The molecule has 3 aliphatic heterocycles. The molecule has 3 heterocycles. The number of halogens is 1. The van der Waals surface area contributed by atoms with Crippen molar-refractivity contribution in [3.63, 3.8) is 0 Å². The number of hydrazine groups is 1. The second kappa shape index (κ2) is 6.26. The quantitative estimate of drug-likeness (QED) is 0.692. The average molecular weight is 426 g/mol. The van der Waals surface area contributed by atoms with Crippen LogP contribution < -0.4 is 4.90 Å². The lowest BCUT2D eigenvalue weighted by Crippen LogP contribution is -2.44. The van der Waals surface area contributed by atoms with Crippen LogP contribution in [0.2, 0.25) is 0 Å². The molecule has 0 aliphatic carbocycles. The van der Waals surface area contributed by atoms with Gasteiger partial charge in [-0.25, -0.2) is 14.9 Å². The summed E-state index contributed by atoms with van der Waals surface area (Å²) in [5.41, 5.74) is 2.94. The normalized spacial score (nSPS) is 28.1. The second-order valence-electron chi connectivity index (χ2n) is 7.50. The summed E-state index contributed by atoms with van der Waals surface area (Å²) in [7, 11) is 0. The molecular weight excluding hydrogens is 406 g/mol. The minimum Gasteiger partial charge on any atom is -0.274 e. The predicted octanol–water partition coefficient (Wildman–Crippen LogP) is 3.29. The number of aryl methyl sites for hydroxylation is 1. The van der Waals surface area contributed by atoms with E-state index in [-0.39, 0.29) is 23.8 Å². The van der Waals surface area contributed by atoms with E-state index in [4.69, 9.17) is 0 Å². The van der Waals surface area contributed by atoms with E-state index in [9.17, 15) is 9.59 Å². The molecule has 0 aromatic heterocycles. The van der Waals surface area contributed by atoms with Crippen LogP contribution >= 0.6 is 15.9 Å². The summed E-state index contributed by atoms with van der Waals surface area (Å²) < 4.78 is 0.857. The van der Waals surface area contributed by atoms with Crippen molar-refractivity contribution in [2.45, 2.75) is 25.4 Å². The van der Waals surface area contributed by atoms with E-state index in [1.165, 1.54) is 10.5 Å². The molecule has 2 aromatic carbocycles. The van der Waals surface area contributed by atoms with E-state index in [1.54, 1.807) is 0 Å². The lowest BCUT2D eigenvalue weighted by molar-refractivity contribution is -0.126. The van der Waals surface area contributed by atoms with Crippen LogP contribution in [0, 0.1) is 12.8 Å². The topological polar surface area (TPSA) is 43.9 Å². The summed E-state index contributed by atoms with van der Waals surface area (Å²) in [4.78, 5) is 28.1. The van der Waals surface area contributed by atoms with Gasteiger partial charge < -0.3 is 0 Å². The Morgan fingerprint density at radius 3 is 2.33 bits per heavy atom. The van der Waals surface area contributed by atoms with Crippen LogP contribution in [0.15, 0.2) is 53.0 Å². The molecule has 2 amide bonds. The molecule has 0 N–H and O–H groups in total. The molecule has 3 atom stereocenters. The van der Waals surface area contributed by atoms with Gasteiger partial charge in [0.15, 0.2) is 0 Å². The van der Waals surface area contributed by atoms with Gasteiger partial charge in [-0.05, 0) is 37.1 Å². The fourth-order valence-electron chi connectivity index (χ4n) is 4.75. The maximum atomic E-state index is 13.4. The molecule has 0 bridgehead atoms. The Hall–Kier alpha value is -2.02. The highest BCUT2D eigenvalue weighted by Crippen LogP contribution is 2.49. The van der Waals surface area contributed by atoms with E-state index in [1.807, 2.05) is 24.3 Å². The summed E-state index contributed by atoms with van der Waals surface area (Å²) in [5, 5.41) is 4.38. The third kappa shape index (κ3) is 2.51. The van der Waals surface area contributed by atoms with E-state index in [2.05, 4.69) is 57.1 Å². The number of benzene rings is 2. The summed E-state index contributed by atoms with van der Waals surface area (Å²) in [6.45, 7) is 3.78. The zero-order valence-electron chi connectivity index (χ0n) is 15.0. The zero-order chi connectivity index (χ0) is 18.7. The number of imide groups is 1. The van der Waals surface area contributed by atoms with Crippen molar-refractivity contribution in [3.8, 4) is 0 Å². The van der Waals surface area contributed by atoms with Gasteiger partial charge in [0.2, 0.25) is 5.91 Å². The number of anilines is 1. The first-order chi connectivity index (χ1) is 13.1. The Morgan fingerprint density at radius 1 is 0.926 bits per heavy atom. The highest BCUT2D eigenvalue weighted by Gasteiger charge is 2.62. The molecule has 0 saturated carbocycles. The van der Waals surface area contributed by atoms with Crippen molar-refractivity contribution in [1.82, 2.24) is 10.0 Å². The first kappa shape index (κ1) is 17.1. The van der Waals surface area contributed by atoms with Crippen LogP contribution in [-0.2, 0) is 9.59 Å². The van der Waals surface area contributed by atoms with Crippen molar-refractivity contribution in [1.29, 1.82) is 0 Å². The molecule has 0 spiro atoms. The number of hydrogen-bond acceptors (Lipinski definition) is 4. The SMILES string of the molecule is Cc1ccc([C@H]2[C@@H]3C(=O)N(c4cccc(Br)c4)C(=O)[C@@H]3N3CCCN23)cc1. The van der Waals surface area contributed by atoms with Gasteiger partial charge in [-0.2, -0.15) is 0 Å². The van der Waals surface area contributed by atoms with E-state index in [0.29, 0.717) is 5.69 Å². The average Bonchev–Trinajstić information content (AvgIpc) is 3.28. The second-order valence-corrected chi connectivity index (χ2v) is 8.41. The van der Waals surface area contributed by atoms with E-state index >= 15 is 0 Å². The van der Waals surface area contributed by atoms with Gasteiger partial charge in [0, 0.05) is 17.6 Å². The Morgan fingerprint density at radius 2 is 1.63 bits per heavy atom. The van der Waals surface area contributed by atoms with Gasteiger partial charge in [-0.3, -0.25) is 9.59 Å². The standard InChI is InChI=1S/C21H20BrN3O2/c1-13-6-8-14(9-7-13)18-17-19(24-11-3-10-23(18)24)21(27)25(20(17)26)16-5-2-4-15(22)12-16/h2,4-9,12,17-19H,3,10-11H2,1H3/t17-,18-,19+/m0/s1. The van der Waals surface area contributed by atoms with E-state index < -0.39 is 6.04 Å². The molecule has 2 aromatic rings. The lowest BCUT2D eigenvalue weighted by Gasteiger charge is -2.29. The summed E-state index contributed by atoms with van der Waals surface area (Å²) in [6, 6.07) is 15.3. The summed E-state index contributed by atoms with van der Waals surface area (Å²) in [5.74, 6) is -0.563. The van der Waals surface area contributed by atoms with Crippen LogP contribution in [0.4, 0.5) is 5.69 Å². The molecule has 3 fully saturated rings. The molecule has 0 radical (unpaired) electrons. The van der Waals surface area contributed by atoms with Crippen LogP contribution in [0.3, 0.4) is 0 Å². The number of carbonyl (C=O) groups is 2. The maximum absolute atomic E-state index is 13.4. The minimum atomic E-state index is -0.398. The summed E-state index contributed by atoms with van der Waals surface area (Å²) in [6.07, 6.45) is 1.02. The fourth-order valence-corrected chi connectivity index (χ4v) is 5.13. The minimum absolute atomic E-state index is 0.0771. The Labute approximate surface area is 166 Å². The molecule has 27 heavy (non-hydrogen) atoms. The van der Waals surface area contributed by atoms with Gasteiger partial charge in [0.25, 0.3) is 5.91 Å². The Bertz CT molecular complexity index is 929.